The predicted octanol–water partition coefficient (Wildman–Crippen LogP) is 1.05. The quantitative estimate of drug-likeness (QED) is 0.883. The Labute approximate surface area is 134 Å². The number of hydrogen-bond acceptors (Lipinski definition) is 5. The van der Waals surface area contributed by atoms with Gasteiger partial charge < -0.3 is 4.57 Å². The summed E-state index contributed by atoms with van der Waals surface area (Å²) in [6.45, 7) is 4.04. The van der Waals surface area contributed by atoms with Crippen LogP contribution in [0.5, 0.6) is 0 Å². The summed E-state index contributed by atoms with van der Waals surface area (Å²) in [6, 6.07) is 2.16. The molecule has 0 aromatic carbocycles. The standard InChI is InChI=1S/C14H20N4O2S2/c1-22(19,20)16-9-13-8-15-14-2-4-17(5-6-18(13)14)10-12-3-7-21-11-12/h3,7-8,11,16H,2,4-6,9-10H2,1H3. The summed E-state index contributed by atoms with van der Waals surface area (Å²) in [5.41, 5.74) is 2.28. The Morgan fingerprint density at radius 2 is 2.23 bits per heavy atom. The lowest BCUT2D eigenvalue weighted by atomic mass is 10.3. The molecular weight excluding hydrogens is 320 g/mol. The monoisotopic (exact) mass is 340 g/mol. The number of fused-ring (bicyclic) bond motifs is 1. The van der Waals surface area contributed by atoms with E-state index in [1.165, 1.54) is 11.8 Å². The molecule has 3 heterocycles. The van der Waals surface area contributed by atoms with E-state index < -0.39 is 10.0 Å². The first kappa shape index (κ1) is 15.7. The molecule has 0 saturated carbocycles. The molecule has 0 saturated heterocycles. The predicted molar refractivity (Wildman–Crippen MR) is 87.2 cm³/mol. The van der Waals surface area contributed by atoms with Gasteiger partial charge in [-0.15, -0.1) is 0 Å². The molecule has 0 spiro atoms. The maximum atomic E-state index is 11.2. The van der Waals surface area contributed by atoms with Crippen LogP contribution in [0.2, 0.25) is 0 Å². The van der Waals surface area contributed by atoms with Crippen LogP contribution in [0.3, 0.4) is 0 Å². The number of hydrogen-bond donors (Lipinski definition) is 1. The van der Waals surface area contributed by atoms with Crippen molar-refractivity contribution < 1.29 is 8.42 Å². The van der Waals surface area contributed by atoms with Crippen LogP contribution < -0.4 is 4.72 Å². The van der Waals surface area contributed by atoms with Crippen molar-refractivity contribution in [2.24, 2.45) is 0 Å². The van der Waals surface area contributed by atoms with Gasteiger partial charge in [-0.2, -0.15) is 11.3 Å². The smallest absolute Gasteiger partial charge is 0.209 e. The average molecular weight is 340 g/mol. The van der Waals surface area contributed by atoms with E-state index >= 15 is 0 Å². The van der Waals surface area contributed by atoms with E-state index in [2.05, 4.69) is 36.0 Å². The number of nitrogens with zero attached hydrogens (tertiary/aromatic N) is 3. The van der Waals surface area contributed by atoms with Gasteiger partial charge in [0.1, 0.15) is 5.82 Å². The van der Waals surface area contributed by atoms with Crippen molar-refractivity contribution >= 4 is 21.4 Å². The van der Waals surface area contributed by atoms with Crippen molar-refractivity contribution in [3.63, 3.8) is 0 Å². The minimum Gasteiger partial charge on any atom is -0.329 e. The van der Waals surface area contributed by atoms with Crippen molar-refractivity contribution in [3.8, 4) is 0 Å². The fourth-order valence-corrected chi connectivity index (χ4v) is 3.75. The van der Waals surface area contributed by atoms with E-state index in [9.17, 15) is 8.42 Å². The second kappa shape index (κ2) is 6.49. The molecule has 0 aliphatic carbocycles. The molecule has 120 valence electrons. The number of thiophene rings is 1. The minimum absolute atomic E-state index is 0.302. The highest BCUT2D eigenvalue weighted by Crippen LogP contribution is 2.15. The first-order valence-corrected chi connectivity index (χ1v) is 10.1. The van der Waals surface area contributed by atoms with Crippen molar-refractivity contribution in [2.45, 2.75) is 26.1 Å². The van der Waals surface area contributed by atoms with Gasteiger partial charge in [-0.25, -0.2) is 18.1 Å². The molecule has 22 heavy (non-hydrogen) atoms. The zero-order valence-corrected chi connectivity index (χ0v) is 14.2. The van der Waals surface area contributed by atoms with E-state index in [1.54, 1.807) is 17.5 Å². The average Bonchev–Trinajstić information content (AvgIpc) is 3.04. The lowest BCUT2D eigenvalue weighted by molar-refractivity contribution is 0.271. The van der Waals surface area contributed by atoms with Crippen LogP contribution in [0.4, 0.5) is 0 Å². The summed E-state index contributed by atoms with van der Waals surface area (Å²) >= 11 is 1.72. The third-order valence-electron chi connectivity index (χ3n) is 3.81. The molecule has 1 aliphatic rings. The second-order valence-electron chi connectivity index (χ2n) is 5.57. The number of rotatable bonds is 5. The van der Waals surface area contributed by atoms with Crippen molar-refractivity contribution in [1.82, 2.24) is 19.2 Å². The van der Waals surface area contributed by atoms with Crippen LogP contribution >= 0.6 is 11.3 Å². The molecule has 2 aromatic rings. The van der Waals surface area contributed by atoms with E-state index in [1.807, 2.05) is 0 Å². The van der Waals surface area contributed by atoms with Crippen molar-refractivity contribution in [2.75, 3.05) is 19.3 Å². The van der Waals surface area contributed by atoms with E-state index in [-0.39, 0.29) is 0 Å². The van der Waals surface area contributed by atoms with Gasteiger partial charge in [0.2, 0.25) is 10.0 Å². The van der Waals surface area contributed by atoms with Gasteiger partial charge >= 0.3 is 0 Å². The summed E-state index contributed by atoms with van der Waals surface area (Å²) in [6.07, 6.45) is 3.85. The second-order valence-corrected chi connectivity index (χ2v) is 8.18. The van der Waals surface area contributed by atoms with Gasteiger partial charge in [0.05, 0.1) is 18.5 Å². The lowest BCUT2D eigenvalue weighted by Gasteiger charge is -2.18. The molecule has 0 unspecified atom stereocenters. The maximum Gasteiger partial charge on any atom is 0.209 e. The van der Waals surface area contributed by atoms with Gasteiger partial charge in [-0.1, -0.05) is 0 Å². The van der Waals surface area contributed by atoms with Crippen LogP contribution in [0.1, 0.15) is 17.1 Å². The molecule has 3 rings (SSSR count). The molecule has 0 radical (unpaired) electrons. The van der Waals surface area contributed by atoms with Gasteiger partial charge in [0.25, 0.3) is 0 Å². The van der Waals surface area contributed by atoms with Gasteiger partial charge in [-0.05, 0) is 22.4 Å². The largest absolute Gasteiger partial charge is 0.329 e. The highest BCUT2D eigenvalue weighted by molar-refractivity contribution is 7.88. The first-order valence-electron chi connectivity index (χ1n) is 7.22. The normalized spacial score (nSPS) is 16.4. The molecule has 0 atom stereocenters. The third-order valence-corrected chi connectivity index (χ3v) is 5.21. The van der Waals surface area contributed by atoms with Gasteiger partial charge in [0, 0.05) is 38.8 Å². The summed E-state index contributed by atoms with van der Waals surface area (Å²) < 4.78 is 27.2. The fourth-order valence-electron chi connectivity index (χ4n) is 2.68. The molecule has 1 aliphatic heterocycles. The molecule has 0 amide bonds. The Hall–Kier alpha value is -1.22. The van der Waals surface area contributed by atoms with Crippen LogP contribution in [0.25, 0.3) is 0 Å². The van der Waals surface area contributed by atoms with Gasteiger partial charge in [0.15, 0.2) is 0 Å². The third kappa shape index (κ3) is 3.95. The molecule has 1 N–H and O–H groups in total. The number of sulfonamides is 1. The fraction of sp³-hybridized carbons (Fsp3) is 0.500. The molecular formula is C14H20N4O2S2. The van der Waals surface area contributed by atoms with E-state index in [0.717, 1.165) is 44.1 Å². The number of imidazole rings is 1. The highest BCUT2D eigenvalue weighted by atomic mass is 32.2. The molecule has 0 fully saturated rings. The Morgan fingerprint density at radius 3 is 2.95 bits per heavy atom. The Morgan fingerprint density at radius 1 is 1.36 bits per heavy atom. The Bertz CT molecular complexity index is 722. The highest BCUT2D eigenvalue weighted by Gasteiger charge is 2.18. The minimum atomic E-state index is -3.18. The summed E-state index contributed by atoms with van der Waals surface area (Å²) in [5, 5.41) is 4.29. The van der Waals surface area contributed by atoms with Crippen LogP contribution in [-0.2, 0) is 36.1 Å². The SMILES string of the molecule is CS(=O)(=O)NCc1cnc2n1CCN(Cc1ccsc1)CC2. The van der Waals surface area contributed by atoms with Crippen LogP contribution in [-0.4, -0.2) is 42.2 Å². The zero-order chi connectivity index (χ0) is 15.6. The number of aromatic nitrogens is 2. The topological polar surface area (TPSA) is 67.2 Å². The van der Waals surface area contributed by atoms with Crippen molar-refractivity contribution in [1.29, 1.82) is 0 Å². The maximum absolute atomic E-state index is 11.2. The molecule has 0 bridgehead atoms. The van der Waals surface area contributed by atoms with Crippen molar-refractivity contribution in [3.05, 3.63) is 40.1 Å². The lowest BCUT2D eigenvalue weighted by Crippen LogP contribution is -2.27. The molecule has 8 heteroatoms. The molecule has 2 aromatic heterocycles. The first-order chi connectivity index (χ1) is 10.5. The summed E-state index contributed by atoms with van der Waals surface area (Å²) in [5.74, 6) is 1.04. The Kier molecular flexibility index (Phi) is 4.62. The number of nitrogens with one attached hydrogen (secondary N) is 1. The van der Waals surface area contributed by atoms with E-state index in [0.29, 0.717) is 6.54 Å². The van der Waals surface area contributed by atoms with E-state index in [4.69, 9.17) is 0 Å². The molecule has 6 nitrogen and oxygen atoms in total. The summed E-state index contributed by atoms with van der Waals surface area (Å²) in [4.78, 5) is 6.87. The zero-order valence-electron chi connectivity index (χ0n) is 12.5. The van der Waals surface area contributed by atoms with Crippen LogP contribution in [0.15, 0.2) is 23.0 Å². The van der Waals surface area contributed by atoms with Gasteiger partial charge in [-0.3, -0.25) is 4.90 Å². The Balaban J connectivity index is 1.65. The van der Waals surface area contributed by atoms with Crippen LogP contribution in [0, 0.1) is 0 Å². The summed E-state index contributed by atoms with van der Waals surface area (Å²) in [7, 11) is -3.18.